The summed E-state index contributed by atoms with van der Waals surface area (Å²) in [7, 11) is 3.69. The second-order valence-corrected chi connectivity index (χ2v) is 9.18. The van der Waals surface area contributed by atoms with Crippen LogP contribution in [0.4, 0.5) is 0 Å². The third-order valence-corrected chi connectivity index (χ3v) is 6.87. The number of para-hydroxylation sites is 1. The highest BCUT2D eigenvalue weighted by Crippen LogP contribution is 2.59. The number of nitrogens with zero attached hydrogens (tertiary/aromatic N) is 1. The zero-order valence-electron chi connectivity index (χ0n) is 16.2. The topological polar surface area (TPSA) is 41.6 Å². The van der Waals surface area contributed by atoms with Crippen molar-refractivity contribution in [3.63, 3.8) is 0 Å². The summed E-state index contributed by atoms with van der Waals surface area (Å²) in [5, 5.41) is 3.27. The van der Waals surface area contributed by atoms with E-state index in [-0.39, 0.29) is 5.91 Å². The molecule has 4 aliphatic rings. The fraction of sp³-hybridized carbons (Fsp3) is 0.682. The van der Waals surface area contributed by atoms with Gasteiger partial charge < -0.3 is 10.1 Å². The van der Waals surface area contributed by atoms with Crippen LogP contribution in [0.3, 0.4) is 0 Å². The zero-order valence-corrected chi connectivity index (χ0v) is 16.2. The van der Waals surface area contributed by atoms with Gasteiger partial charge in [0.05, 0.1) is 13.7 Å². The Kier molecular flexibility index (Phi) is 4.96. The Bertz CT molecular complexity index is 622. The Balaban J connectivity index is 1.28. The molecule has 1 N–H and O–H groups in total. The van der Waals surface area contributed by atoms with E-state index in [4.69, 9.17) is 4.74 Å². The van der Waals surface area contributed by atoms with Gasteiger partial charge in [0.2, 0.25) is 5.91 Å². The highest BCUT2D eigenvalue weighted by atomic mass is 16.5. The highest BCUT2D eigenvalue weighted by molar-refractivity contribution is 5.78. The normalized spacial score (nSPS) is 32.0. The van der Waals surface area contributed by atoms with Gasteiger partial charge in [-0.25, -0.2) is 0 Å². The number of hydrogen-bond donors (Lipinski definition) is 1. The molecule has 4 aliphatic carbocycles. The average Bonchev–Trinajstić information content (AvgIpc) is 2.59. The molecule has 142 valence electrons. The third kappa shape index (κ3) is 3.75. The molecular weight excluding hydrogens is 324 g/mol. The van der Waals surface area contributed by atoms with Crippen molar-refractivity contribution in [3.8, 4) is 5.75 Å². The van der Waals surface area contributed by atoms with E-state index in [0.717, 1.165) is 42.2 Å². The molecule has 4 saturated carbocycles. The van der Waals surface area contributed by atoms with Crippen molar-refractivity contribution in [2.24, 2.45) is 23.2 Å². The minimum absolute atomic E-state index is 0.151. The Morgan fingerprint density at radius 3 is 2.38 bits per heavy atom. The molecule has 0 atom stereocenters. The molecule has 26 heavy (non-hydrogen) atoms. The van der Waals surface area contributed by atoms with Gasteiger partial charge in [0.25, 0.3) is 0 Å². The van der Waals surface area contributed by atoms with Gasteiger partial charge in [0.1, 0.15) is 5.75 Å². The number of hydrogen-bond acceptors (Lipinski definition) is 3. The maximum atomic E-state index is 12.5. The fourth-order valence-corrected chi connectivity index (χ4v) is 6.27. The Labute approximate surface area is 157 Å². The van der Waals surface area contributed by atoms with E-state index in [0.29, 0.717) is 12.0 Å². The molecule has 4 nitrogen and oxygen atoms in total. The van der Waals surface area contributed by atoms with Gasteiger partial charge >= 0.3 is 0 Å². The molecule has 0 spiro atoms. The highest BCUT2D eigenvalue weighted by Gasteiger charge is 2.50. The molecule has 0 unspecified atom stereocenters. The molecular formula is C22H32N2O2. The lowest BCUT2D eigenvalue weighted by Gasteiger charge is -2.56. The molecule has 4 fully saturated rings. The average molecular weight is 357 g/mol. The van der Waals surface area contributed by atoms with Crippen LogP contribution >= 0.6 is 0 Å². The van der Waals surface area contributed by atoms with Crippen LogP contribution in [0.15, 0.2) is 24.3 Å². The lowest BCUT2D eigenvalue weighted by atomic mass is 9.49. The first-order valence-electron chi connectivity index (χ1n) is 10.1. The summed E-state index contributed by atoms with van der Waals surface area (Å²) in [6.07, 6.45) is 8.39. The van der Waals surface area contributed by atoms with Gasteiger partial charge in [-0.2, -0.15) is 0 Å². The van der Waals surface area contributed by atoms with E-state index in [1.54, 1.807) is 7.11 Å². The predicted molar refractivity (Wildman–Crippen MR) is 103 cm³/mol. The van der Waals surface area contributed by atoms with E-state index < -0.39 is 0 Å². The molecule has 0 saturated heterocycles. The third-order valence-electron chi connectivity index (χ3n) is 6.87. The number of carbonyl (C=O) groups is 1. The maximum absolute atomic E-state index is 12.5. The summed E-state index contributed by atoms with van der Waals surface area (Å²) < 4.78 is 5.41. The fourth-order valence-electron chi connectivity index (χ4n) is 6.27. The quantitative estimate of drug-likeness (QED) is 0.813. The summed E-state index contributed by atoms with van der Waals surface area (Å²) in [5.41, 5.74) is 1.53. The molecule has 0 aliphatic heterocycles. The molecule has 0 radical (unpaired) electrons. The molecule has 4 bridgehead atoms. The first-order chi connectivity index (χ1) is 12.5. The van der Waals surface area contributed by atoms with E-state index in [1.165, 1.54) is 38.5 Å². The van der Waals surface area contributed by atoms with Gasteiger partial charge in [0.15, 0.2) is 0 Å². The number of likely N-dealkylation sites (N-methyl/N-ethyl adjacent to an activating group) is 1. The first-order valence-corrected chi connectivity index (χ1v) is 10.1. The van der Waals surface area contributed by atoms with E-state index in [2.05, 4.69) is 16.3 Å². The minimum Gasteiger partial charge on any atom is -0.496 e. The summed E-state index contributed by atoms with van der Waals surface area (Å²) in [5.74, 6) is 3.84. The van der Waals surface area contributed by atoms with Gasteiger partial charge in [-0.3, -0.25) is 9.69 Å². The predicted octanol–water partition coefficient (Wildman–Crippen LogP) is 3.46. The summed E-state index contributed by atoms with van der Waals surface area (Å²) in [6.45, 7) is 2.04. The zero-order chi connectivity index (χ0) is 18.1. The number of methoxy groups -OCH3 is 1. The van der Waals surface area contributed by atoms with Crippen LogP contribution in [0.1, 0.15) is 44.1 Å². The molecule has 0 heterocycles. The van der Waals surface area contributed by atoms with Crippen molar-refractivity contribution < 1.29 is 9.53 Å². The molecule has 5 rings (SSSR count). The minimum atomic E-state index is 0.151. The van der Waals surface area contributed by atoms with Crippen LogP contribution in [0.25, 0.3) is 0 Å². The second-order valence-electron chi connectivity index (χ2n) is 9.18. The van der Waals surface area contributed by atoms with Crippen LogP contribution in [-0.4, -0.2) is 38.1 Å². The first kappa shape index (κ1) is 17.8. The van der Waals surface area contributed by atoms with Gasteiger partial charge in [-0.05, 0) is 74.8 Å². The van der Waals surface area contributed by atoms with Crippen molar-refractivity contribution in [1.29, 1.82) is 0 Å². The standard InChI is InChI=1S/C22H32N2O2/c1-24(13-19-5-3-4-6-20(19)26-2)14-21(25)23-15-22-10-16-7-17(11-22)9-18(8-16)12-22/h3-6,16-18H,7-15H2,1-2H3,(H,23,25). The Morgan fingerprint density at radius 2 is 1.77 bits per heavy atom. The summed E-state index contributed by atoms with van der Waals surface area (Å²) in [4.78, 5) is 14.6. The monoisotopic (exact) mass is 356 g/mol. The molecule has 0 aromatic heterocycles. The van der Waals surface area contributed by atoms with Crippen molar-refractivity contribution in [2.75, 3.05) is 27.2 Å². The number of nitrogens with one attached hydrogen (secondary N) is 1. The van der Waals surface area contributed by atoms with Gasteiger partial charge in [-0.1, -0.05) is 18.2 Å². The maximum Gasteiger partial charge on any atom is 0.234 e. The van der Waals surface area contributed by atoms with E-state index in [1.807, 2.05) is 25.2 Å². The van der Waals surface area contributed by atoms with Gasteiger partial charge in [0, 0.05) is 18.7 Å². The SMILES string of the molecule is COc1ccccc1CN(C)CC(=O)NCC12CC3CC(CC(C3)C1)C2. The number of carbonyl (C=O) groups excluding carboxylic acids is 1. The molecule has 1 amide bonds. The van der Waals surface area contributed by atoms with Crippen molar-refractivity contribution in [3.05, 3.63) is 29.8 Å². The lowest BCUT2D eigenvalue weighted by Crippen LogP contribution is -2.51. The largest absolute Gasteiger partial charge is 0.496 e. The van der Waals surface area contributed by atoms with Crippen LogP contribution < -0.4 is 10.1 Å². The Hall–Kier alpha value is -1.55. The van der Waals surface area contributed by atoms with Crippen LogP contribution in [0.5, 0.6) is 5.75 Å². The number of benzene rings is 1. The van der Waals surface area contributed by atoms with E-state index in [9.17, 15) is 4.79 Å². The lowest BCUT2D eigenvalue weighted by molar-refractivity contribution is -0.124. The van der Waals surface area contributed by atoms with Gasteiger partial charge in [-0.15, -0.1) is 0 Å². The Morgan fingerprint density at radius 1 is 1.15 bits per heavy atom. The summed E-state index contributed by atoms with van der Waals surface area (Å²) in [6, 6.07) is 8.01. The molecule has 1 aromatic rings. The molecule has 4 heteroatoms. The van der Waals surface area contributed by atoms with Crippen LogP contribution in [0.2, 0.25) is 0 Å². The number of ether oxygens (including phenoxy) is 1. The number of rotatable bonds is 7. The summed E-state index contributed by atoms with van der Waals surface area (Å²) >= 11 is 0. The van der Waals surface area contributed by atoms with E-state index >= 15 is 0 Å². The smallest absolute Gasteiger partial charge is 0.234 e. The molecule has 1 aromatic carbocycles. The van der Waals surface area contributed by atoms with Crippen molar-refractivity contribution in [2.45, 2.75) is 45.1 Å². The number of amides is 1. The van der Waals surface area contributed by atoms with Crippen LogP contribution in [0, 0.1) is 23.2 Å². The second kappa shape index (κ2) is 7.22. The van der Waals surface area contributed by atoms with Crippen molar-refractivity contribution in [1.82, 2.24) is 10.2 Å². The van der Waals surface area contributed by atoms with Crippen LogP contribution in [-0.2, 0) is 11.3 Å². The van der Waals surface area contributed by atoms with Crippen molar-refractivity contribution >= 4 is 5.91 Å².